The fourth-order valence-corrected chi connectivity index (χ4v) is 2.94. The van der Waals surface area contributed by atoms with Crippen molar-refractivity contribution in [1.29, 1.82) is 0 Å². The van der Waals surface area contributed by atoms with Crippen molar-refractivity contribution >= 4 is 0 Å². The van der Waals surface area contributed by atoms with Gasteiger partial charge in [0.05, 0.1) is 6.61 Å². The van der Waals surface area contributed by atoms with Crippen molar-refractivity contribution in [3.63, 3.8) is 0 Å². The second-order valence-electron chi connectivity index (χ2n) is 5.06. The molecule has 19 heavy (non-hydrogen) atoms. The smallest absolute Gasteiger partial charge is 0.0593 e. The molecule has 1 unspecified atom stereocenters. The Hall–Kier alpha value is -0.900. The molecule has 0 aromatic heterocycles. The van der Waals surface area contributed by atoms with Crippen LogP contribution in [0, 0.1) is 0 Å². The summed E-state index contributed by atoms with van der Waals surface area (Å²) in [6.45, 7) is 5.74. The van der Waals surface area contributed by atoms with Crippen LogP contribution in [-0.2, 0) is 11.2 Å². The first-order chi connectivity index (χ1) is 9.36. The molecule has 0 saturated carbocycles. The Labute approximate surface area is 116 Å². The summed E-state index contributed by atoms with van der Waals surface area (Å²) in [5.41, 5.74) is 2.95. The van der Waals surface area contributed by atoms with E-state index in [1.807, 2.05) is 6.92 Å². The highest BCUT2D eigenvalue weighted by Gasteiger charge is 2.26. The van der Waals surface area contributed by atoms with E-state index < -0.39 is 0 Å². The molecule has 0 amide bonds. The van der Waals surface area contributed by atoms with Gasteiger partial charge in [0.15, 0.2) is 0 Å². The zero-order chi connectivity index (χ0) is 13.5. The molecule has 0 aliphatic heterocycles. The lowest BCUT2D eigenvalue weighted by Gasteiger charge is -2.29. The topological polar surface area (TPSA) is 32.7 Å². The third-order valence-electron chi connectivity index (χ3n) is 3.87. The van der Waals surface area contributed by atoms with Gasteiger partial charge < -0.3 is 9.84 Å². The van der Waals surface area contributed by atoms with Gasteiger partial charge in [-0.1, -0.05) is 24.3 Å². The molecule has 0 saturated heterocycles. The molecule has 1 aromatic rings. The number of hydrogen-bond acceptors (Lipinski definition) is 3. The normalized spacial score (nSPS) is 17.9. The molecule has 3 nitrogen and oxygen atoms in total. The van der Waals surface area contributed by atoms with Gasteiger partial charge in [0.1, 0.15) is 0 Å². The van der Waals surface area contributed by atoms with Crippen LogP contribution in [0.15, 0.2) is 24.3 Å². The lowest BCUT2D eigenvalue weighted by atomic mass is 10.1. The standard InChI is InChI=1S/C16H25NO2/c1-2-19-13-11-17(10-5-12-18)16-9-8-14-6-3-4-7-15(14)16/h3-4,6-7,16,18H,2,5,8-13H2,1H3. The quantitative estimate of drug-likeness (QED) is 0.731. The first-order valence-corrected chi connectivity index (χ1v) is 7.37. The van der Waals surface area contributed by atoms with Gasteiger partial charge in [-0.05, 0) is 37.3 Å². The SMILES string of the molecule is CCOCCN(CCCO)C1CCc2ccccc21. The number of nitrogens with zero attached hydrogens (tertiary/aromatic N) is 1. The summed E-state index contributed by atoms with van der Waals surface area (Å²) < 4.78 is 5.49. The number of ether oxygens (including phenoxy) is 1. The van der Waals surface area contributed by atoms with Crippen molar-refractivity contribution in [3.05, 3.63) is 35.4 Å². The Morgan fingerprint density at radius 2 is 2.16 bits per heavy atom. The average molecular weight is 263 g/mol. The summed E-state index contributed by atoms with van der Waals surface area (Å²) >= 11 is 0. The average Bonchev–Trinajstić information content (AvgIpc) is 2.87. The van der Waals surface area contributed by atoms with Gasteiger partial charge >= 0.3 is 0 Å². The predicted octanol–water partition coefficient (Wildman–Crippen LogP) is 2.39. The van der Waals surface area contributed by atoms with E-state index in [1.165, 1.54) is 24.0 Å². The molecule has 0 spiro atoms. The van der Waals surface area contributed by atoms with Crippen LogP contribution in [0.1, 0.15) is 36.9 Å². The minimum Gasteiger partial charge on any atom is -0.396 e. The second kappa shape index (κ2) is 7.63. The molecule has 1 aliphatic rings. The third-order valence-corrected chi connectivity index (χ3v) is 3.87. The van der Waals surface area contributed by atoms with Gasteiger partial charge in [0.25, 0.3) is 0 Å². The highest BCUT2D eigenvalue weighted by Crippen LogP contribution is 2.35. The summed E-state index contributed by atoms with van der Waals surface area (Å²) in [7, 11) is 0. The Kier molecular flexibility index (Phi) is 5.83. The van der Waals surface area contributed by atoms with Crippen molar-refractivity contribution in [2.45, 2.75) is 32.2 Å². The minimum absolute atomic E-state index is 0.263. The lowest BCUT2D eigenvalue weighted by molar-refractivity contribution is 0.0892. The molecule has 0 radical (unpaired) electrons. The van der Waals surface area contributed by atoms with Crippen LogP contribution in [-0.4, -0.2) is 42.9 Å². The molecule has 2 rings (SSSR count). The monoisotopic (exact) mass is 263 g/mol. The fourth-order valence-electron chi connectivity index (χ4n) is 2.94. The van der Waals surface area contributed by atoms with Crippen molar-refractivity contribution in [1.82, 2.24) is 4.90 Å². The molecule has 106 valence electrons. The van der Waals surface area contributed by atoms with E-state index >= 15 is 0 Å². The van der Waals surface area contributed by atoms with E-state index in [0.29, 0.717) is 6.04 Å². The largest absolute Gasteiger partial charge is 0.396 e. The number of aryl methyl sites for hydroxylation is 1. The summed E-state index contributed by atoms with van der Waals surface area (Å²) in [5.74, 6) is 0. The summed E-state index contributed by atoms with van der Waals surface area (Å²) in [6.07, 6.45) is 3.20. The van der Waals surface area contributed by atoms with Gasteiger partial charge in [-0.25, -0.2) is 0 Å². The maximum atomic E-state index is 9.07. The first kappa shape index (κ1) is 14.5. The van der Waals surface area contributed by atoms with Crippen molar-refractivity contribution in [2.24, 2.45) is 0 Å². The van der Waals surface area contributed by atoms with Crippen LogP contribution in [0.4, 0.5) is 0 Å². The second-order valence-corrected chi connectivity index (χ2v) is 5.06. The number of rotatable bonds is 8. The number of hydrogen-bond donors (Lipinski definition) is 1. The Morgan fingerprint density at radius 3 is 2.95 bits per heavy atom. The molecule has 1 N–H and O–H groups in total. The van der Waals surface area contributed by atoms with E-state index in [4.69, 9.17) is 9.84 Å². The van der Waals surface area contributed by atoms with Crippen LogP contribution in [0.2, 0.25) is 0 Å². The van der Waals surface area contributed by atoms with Gasteiger partial charge in [0.2, 0.25) is 0 Å². The molecule has 0 heterocycles. The summed E-state index contributed by atoms with van der Waals surface area (Å²) in [6, 6.07) is 9.24. The summed E-state index contributed by atoms with van der Waals surface area (Å²) in [5, 5.41) is 9.07. The highest BCUT2D eigenvalue weighted by atomic mass is 16.5. The number of aliphatic hydroxyl groups excluding tert-OH is 1. The van der Waals surface area contributed by atoms with E-state index in [-0.39, 0.29) is 6.61 Å². The molecule has 1 aliphatic carbocycles. The minimum atomic E-state index is 0.263. The van der Waals surface area contributed by atoms with E-state index in [1.54, 1.807) is 0 Å². The molecular weight excluding hydrogens is 238 g/mol. The Bertz CT molecular complexity index is 381. The van der Waals surface area contributed by atoms with Gasteiger partial charge in [-0.3, -0.25) is 4.90 Å². The van der Waals surface area contributed by atoms with Gasteiger partial charge in [-0.2, -0.15) is 0 Å². The van der Waals surface area contributed by atoms with Gasteiger partial charge in [0, 0.05) is 32.3 Å². The molecule has 1 atom stereocenters. The van der Waals surface area contributed by atoms with Crippen LogP contribution in [0.25, 0.3) is 0 Å². The number of fused-ring (bicyclic) bond motifs is 1. The predicted molar refractivity (Wildman–Crippen MR) is 77.3 cm³/mol. The maximum Gasteiger partial charge on any atom is 0.0593 e. The zero-order valence-electron chi connectivity index (χ0n) is 11.8. The van der Waals surface area contributed by atoms with Crippen LogP contribution in [0.5, 0.6) is 0 Å². The fraction of sp³-hybridized carbons (Fsp3) is 0.625. The van der Waals surface area contributed by atoms with Crippen LogP contribution in [0.3, 0.4) is 0 Å². The summed E-state index contributed by atoms with van der Waals surface area (Å²) in [4.78, 5) is 2.47. The highest BCUT2D eigenvalue weighted by molar-refractivity contribution is 5.34. The molecule has 1 aromatic carbocycles. The van der Waals surface area contributed by atoms with Crippen molar-refractivity contribution in [2.75, 3.05) is 32.9 Å². The van der Waals surface area contributed by atoms with Crippen LogP contribution < -0.4 is 0 Å². The number of benzene rings is 1. The molecular formula is C16H25NO2. The van der Waals surface area contributed by atoms with Crippen molar-refractivity contribution in [3.8, 4) is 0 Å². The molecule has 3 heteroatoms. The Morgan fingerprint density at radius 1 is 1.32 bits per heavy atom. The van der Waals surface area contributed by atoms with Gasteiger partial charge in [-0.15, -0.1) is 0 Å². The first-order valence-electron chi connectivity index (χ1n) is 7.37. The van der Waals surface area contributed by atoms with E-state index in [9.17, 15) is 0 Å². The molecule has 0 fully saturated rings. The third kappa shape index (κ3) is 3.78. The zero-order valence-corrected chi connectivity index (χ0v) is 11.8. The van der Waals surface area contributed by atoms with Crippen LogP contribution >= 0.6 is 0 Å². The molecule has 0 bridgehead atoms. The maximum absolute atomic E-state index is 9.07. The number of aliphatic hydroxyl groups is 1. The Balaban J connectivity index is 2.01. The van der Waals surface area contributed by atoms with Crippen molar-refractivity contribution < 1.29 is 9.84 Å². The van der Waals surface area contributed by atoms with E-state index in [2.05, 4.69) is 29.2 Å². The lowest BCUT2D eigenvalue weighted by Crippen LogP contribution is -2.32. The van der Waals surface area contributed by atoms with E-state index in [0.717, 1.165) is 32.7 Å².